The zero-order chi connectivity index (χ0) is 13.1. The molecule has 0 aromatic heterocycles. The number of aliphatic carboxylic acids is 1. The number of hydrogen-bond donors (Lipinski definition) is 2. The van der Waals surface area contributed by atoms with Gasteiger partial charge in [0.15, 0.2) is 0 Å². The van der Waals surface area contributed by atoms with Crippen molar-refractivity contribution in [1.82, 2.24) is 15.1 Å². The minimum atomic E-state index is -0.849. The van der Waals surface area contributed by atoms with Gasteiger partial charge in [-0.15, -0.1) is 0 Å². The van der Waals surface area contributed by atoms with Crippen LogP contribution in [0.1, 0.15) is 12.8 Å². The average Bonchev–Trinajstić information content (AvgIpc) is 2.75. The molecule has 2 fully saturated rings. The summed E-state index contributed by atoms with van der Waals surface area (Å²) in [6.45, 7) is 2.20. The van der Waals surface area contributed by atoms with Crippen LogP contribution < -0.4 is 5.32 Å². The quantitative estimate of drug-likeness (QED) is 0.640. The number of hydrogen-bond acceptors (Lipinski definition) is 4. The highest BCUT2D eigenvalue weighted by atomic mass is 16.4. The summed E-state index contributed by atoms with van der Waals surface area (Å²) in [5.74, 6) is -0.966. The molecule has 2 saturated heterocycles. The summed E-state index contributed by atoms with van der Waals surface area (Å²) >= 11 is 0. The predicted octanol–water partition coefficient (Wildman–Crippen LogP) is -1.51. The Balaban J connectivity index is 1.80. The van der Waals surface area contributed by atoms with E-state index in [1.165, 1.54) is 0 Å². The maximum Gasteiger partial charge on any atom is 0.317 e. The predicted molar refractivity (Wildman–Crippen MR) is 61.8 cm³/mol. The van der Waals surface area contributed by atoms with Gasteiger partial charge in [-0.2, -0.15) is 0 Å². The van der Waals surface area contributed by atoms with E-state index in [0.717, 1.165) is 0 Å². The van der Waals surface area contributed by atoms with Crippen LogP contribution in [-0.4, -0.2) is 71.5 Å². The second-order valence-corrected chi connectivity index (χ2v) is 4.65. The number of amides is 2. The molecule has 7 nitrogen and oxygen atoms in total. The van der Waals surface area contributed by atoms with Gasteiger partial charge >= 0.3 is 5.97 Å². The van der Waals surface area contributed by atoms with Crippen LogP contribution in [0.15, 0.2) is 0 Å². The second kappa shape index (κ2) is 5.34. The summed E-state index contributed by atoms with van der Waals surface area (Å²) in [4.78, 5) is 37.2. The molecule has 2 N–H and O–H groups in total. The smallest absolute Gasteiger partial charge is 0.317 e. The zero-order valence-electron chi connectivity index (χ0n) is 10.1. The van der Waals surface area contributed by atoms with Crippen molar-refractivity contribution >= 4 is 17.8 Å². The van der Waals surface area contributed by atoms with E-state index in [9.17, 15) is 14.4 Å². The fraction of sp³-hybridized carbons (Fsp3) is 0.727. The van der Waals surface area contributed by atoms with Crippen LogP contribution in [0.5, 0.6) is 0 Å². The molecule has 100 valence electrons. The van der Waals surface area contributed by atoms with Crippen molar-refractivity contribution in [2.75, 3.05) is 32.7 Å². The molecule has 1 atom stereocenters. The summed E-state index contributed by atoms with van der Waals surface area (Å²) < 4.78 is 0. The standard InChI is InChI=1S/C11H17N3O4/c15-9-2-1-8(12-9)11(18)14-5-3-13(4-6-14)7-10(16)17/h8H,1-7H2,(H,12,15)(H,16,17)/t8-/m1/s1. The lowest BCUT2D eigenvalue weighted by atomic mass is 10.2. The lowest BCUT2D eigenvalue weighted by Gasteiger charge is -2.35. The first kappa shape index (κ1) is 12.8. The van der Waals surface area contributed by atoms with Gasteiger partial charge in [-0.05, 0) is 6.42 Å². The molecule has 2 rings (SSSR count). The number of nitrogens with zero attached hydrogens (tertiary/aromatic N) is 2. The van der Waals surface area contributed by atoms with Crippen molar-refractivity contribution in [2.24, 2.45) is 0 Å². The highest BCUT2D eigenvalue weighted by Gasteiger charge is 2.32. The van der Waals surface area contributed by atoms with Crippen molar-refractivity contribution in [3.8, 4) is 0 Å². The fourth-order valence-corrected chi connectivity index (χ4v) is 2.34. The largest absolute Gasteiger partial charge is 0.480 e. The van der Waals surface area contributed by atoms with E-state index in [1.807, 2.05) is 0 Å². The number of nitrogens with one attached hydrogen (secondary N) is 1. The number of carboxylic acid groups (broad SMARTS) is 1. The van der Waals surface area contributed by atoms with E-state index >= 15 is 0 Å². The molecule has 0 aliphatic carbocycles. The van der Waals surface area contributed by atoms with Gasteiger partial charge in [-0.25, -0.2) is 0 Å². The molecular weight excluding hydrogens is 238 g/mol. The number of rotatable bonds is 3. The number of carbonyl (C=O) groups excluding carboxylic acids is 2. The lowest BCUT2D eigenvalue weighted by Crippen LogP contribution is -2.53. The summed E-state index contributed by atoms with van der Waals surface area (Å²) in [5.41, 5.74) is 0. The minimum Gasteiger partial charge on any atom is -0.480 e. The van der Waals surface area contributed by atoms with Gasteiger partial charge in [0, 0.05) is 32.6 Å². The van der Waals surface area contributed by atoms with Crippen LogP contribution in [-0.2, 0) is 14.4 Å². The van der Waals surface area contributed by atoms with Gasteiger partial charge in [0.25, 0.3) is 0 Å². The van der Waals surface area contributed by atoms with Gasteiger partial charge in [0.05, 0.1) is 6.54 Å². The first-order valence-corrected chi connectivity index (χ1v) is 6.08. The Morgan fingerprint density at radius 2 is 1.94 bits per heavy atom. The molecule has 0 saturated carbocycles. The Morgan fingerprint density at radius 1 is 1.28 bits per heavy atom. The molecule has 2 aliphatic heterocycles. The molecule has 0 bridgehead atoms. The highest BCUT2D eigenvalue weighted by molar-refractivity contribution is 5.90. The van der Waals surface area contributed by atoms with E-state index in [-0.39, 0.29) is 24.4 Å². The number of carboxylic acids is 1. The van der Waals surface area contributed by atoms with E-state index in [0.29, 0.717) is 39.0 Å². The highest BCUT2D eigenvalue weighted by Crippen LogP contribution is 2.11. The molecule has 18 heavy (non-hydrogen) atoms. The van der Waals surface area contributed by atoms with Crippen LogP contribution in [0, 0.1) is 0 Å². The van der Waals surface area contributed by atoms with Crippen LogP contribution >= 0.6 is 0 Å². The van der Waals surface area contributed by atoms with Crippen LogP contribution in [0.25, 0.3) is 0 Å². The van der Waals surface area contributed by atoms with Crippen molar-refractivity contribution in [3.63, 3.8) is 0 Å². The van der Waals surface area contributed by atoms with Gasteiger partial charge < -0.3 is 15.3 Å². The first-order valence-electron chi connectivity index (χ1n) is 6.08. The SMILES string of the molecule is O=C(O)CN1CCN(C(=O)[C@H]2CCC(=O)N2)CC1. The van der Waals surface area contributed by atoms with Gasteiger partial charge in [-0.1, -0.05) is 0 Å². The molecule has 2 aliphatic rings. The fourth-order valence-electron chi connectivity index (χ4n) is 2.34. The Morgan fingerprint density at radius 3 is 2.44 bits per heavy atom. The van der Waals surface area contributed by atoms with Crippen molar-refractivity contribution in [2.45, 2.75) is 18.9 Å². The van der Waals surface area contributed by atoms with Gasteiger partial charge in [-0.3, -0.25) is 19.3 Å². The van der Waals surface area contributed by atoms with E-state index in [2.05, 4.69) is 5.32 Å². The molecular formula is C11H17N3O4. The summed E-state index contributed by atoms with van der Waals surface area (Å²) in [6, 6.07) is -0.386. The third kappa shape index (κ3) is 2.98. The monoisotopic (exact) mass is 255 g/mol. The first-order chi connectivity index (χ1) is 8.56. The van der Waals surface area contributed by atoms with Crippen molar-refractivity contribution < 1.29 is 19.5 Å². The van der Waals surface area contributed by atoms with E-state index < -0.39 is 5.97 Å². The molecule has 2 amide bonds. The topological polar surface area (TPSA) is 90.0 Å². The summed E-state index contributed by atoms with van der Waals surface area (Å²) in [7, 11) is 0. The molecule has 2 heterocycles. The van der Waals surface area contributed by atoms with Crippen molar-refractivity contribution in [3.05, 3.63) is 0 Å². The normalized spacial score (nSPS) is 25.0. The van der Waals surface area contributed by atoms with E-state index in [1.54, 1.807) is 9.80 Å². The number of carbonyl (C=O) groups is 3. The molecule has 7 heteroatoms. The summed E-state index contributed by atoms with van der Waals surface area (Å²) in [5, 5.41) is 11.3. The minimum absolute atomic E-state index is 0.0161. The van der Waals surface area contributed by atoms with Crippen LogP contribution in [0.2, 0.25) is 0 Å². The molecule has 0 aromatic carbocycles. The summed E-state index contributed by atoms with van der Waals surface area (Å²) in [6.07, 6.45) is 0.975. The van der Waals surface area contributed by atoms with Gasteiger partial charge in [0.2, 0.25) is 11.8 Å². The Bertz CT molecular complexity index is 363. The second-order valence-electron chi connectivity index (χ2n) is 4.65. The maximum atomic E-state index is 12.1. The van der Waals surface area contributed by atoms with Gasteiger partial charge in [0.1, 0.15) is 6.04 Å². The maximum absolute atomic E-state index is 12.1. The molecule has 0 spiro atoms. The number of piperazine rings is 1. The van der Waals surface area contributed by atoms with E-state index in [4.69, 9.17) is 5.11 Å². The lowest BCUT2D eigenvalue weighted by molar-refractivity contribution is -0.140. The third-order valence-electron chi connectivity index (χ3n) is 3.34. The third-order valence-corrected chi connectivity index (χ3v) is 3.34. The zero-order valence-corrected chi connectivity index (χ0v) is 10.1. The Labute approximate surface area is 105 Å². The Hall–Kier alpha value is -1.63. The molecule has 0 aromatic rings. The van der Waals surface area contributed by atoms with Crippen LogP contribution in [0.4, 0.5) is 0 Å². The Kier molecular flexibility index (Phi) is 3.81. The molecule has 0 unspecified atom stereocenters. The average molecular weight is 255 g/mol. The van der Waals surface area contributed by atoms with Crippen LogP contribution in [0.3, 0.4) is 0 Å². The molecule has 0 radical (unpaired) electrons. The van der Waals surface area contributed by atoms with Crippen molar-refractivity contribution in [1.29, 1.82) is 0 Å².